The first-order valence-corrected chi connectivity index (χ1v) is 11.2. The molecule has 4 aromatic rings. The number of aryl methyl sites for hydroxylation is 1. The van der Waals surface area contributed by atoms with Crippen molar-refractivity contribution in [1.29, 1.82) is 0 Å². The molecule has 31 heavy (non-hydrogen) atoms. The highest BCUT2D eigenvalue weighted by molar-refractivity contribution is 7.99. The van der Waals surface area contributed by atoms with E-state index in [4.69, 9.17) is 4.74 Å². The molecule has 0 aliphatic rings. The third kappa shape index (κ3) is 5.12. The van der Waals surface area contributed by atoms with E-state index in [2.05, 4.69) is 41.5 Å². The van der Waals surface area contributed by atoms with E-state index in [1.54, 1.807) is 18.9 Å². The van der Waals surface area contributed by atoms with Gasteiger partial charge in [-0.3, -0.25) is 4.79 Å². The Balaban J connectivity index is 1.57. The Hall–Kier alpha value is -3.18. The topological polar surface area (TPSA) is 54.1 Å². The zero-order valence-electron chi connectivity index (χ0n) is 17.7. The number of carbonyl (C=O) groups excluding carboxylic acids is 1. The number of fused-ring (bicyclic) bond motifs is 1. The number of amides is 1. The summed E-state index contributed by atoms with van der Waals surface area (Å²) in [6, 6.07) is 26.4. The Morgan fingerprint density at radius 3 is 2.45 bits per heavy atom. The molecule has 1 aromatic heterocycles. The molecule has 0 saturated carbocycles. The highest BCUT2D eigenvalue weighted by Gasteiger charge is 2.20. The number of methoxy groups -OCH3 is 1. The largest absolute Gasteiger partial charge is 0.497 e. The number of benzene rings is 3. The summed E-state index contributed by atoms with van der Waals surface area (Å²) in [6.07, 6.45) is 1.81. The van der Waals surface area contributed by atoms with Crippen molar-refractivity contribution in [2.75, 3.05) is 7.11 Å². The van der Waals surface area contributed by atoms with Gasteiger partial charge in [0.2, 0.25) is 0 Å². The Morgan fingerprint density at radius 1 is 1.03 bits per heavy atom. The predicted molar refractivity (Wildman–Crippen MR) is 127 cm³/mol. The fraction of sp³-hybridized carbons (Fsp3) is 0.192. The SMILES string of the molecule is COc1ccc2c(Sc3ccccc3)c(C(=O)N[C@H](C)CCc3ccccc3)[nH]c2c1. The molecule has 0 radical (unpaired) electrons. The van der Waals surface area contributed by atoms with Crippen molar-refractivity contribution in [3.8, 4) is 5.75 Å². The number of rotatable bonds is 8. The van der Waals surface area contributed by atoms with Crippen molar-refractivity contribution in [1.82, 2.24) is 10.3 Å². The second-order valence-electron chi connectivity index (χ2n) is 7.55. The molecule has 0 saturated heterocycles. The van der Waals surface area contributed by atoms with E-state index in [1.807, 2.05) is 54.6 Å². The van der Waals surface area contributed by atoms with E-state index in [9.17, 15) is 4.79 Å². The van der Waals surface area contributed by atoms with Gasteiger partial charge in [0, 0.05) is 22.4 Å². The summed E-state index contributed by atoms with van der Waals surface area (Å²) >= 11 is 1.60. The first kappa shape index (κ1) is 21.1. The van der Waals surface area contributed by atoms with Crippen LogP contribution in [-0.4, -0.2) is 24.0 Å². The third-order valence-electron chi connectivity index (χ3n) is 5.23. The number of carbonyl (C=O) groups is 1. The van der Waals surface area contributed by atoms with Gasteiger partial charge >= 0.3 is 0 Å². The van der Waals surface area contributed by atoms with Crippen molar-refractivity contribution in [3.63, 3.8) is 0 Å². The molecule has 0 spiro atoms. The van der Waals surface area contributed by atoms with Crippen molar-refractivity contribution >= 4 is 28.6 Å². The van der Waals surface area contributed by atoms with Crippen molar-refractivity contribution in [2.45, 2.75) is 35.6 Å². The minimum absolute atomic E-state index is 0.0585. The minimum Gasteiger partial charge on any atom is -0.497 e. The second-order valence-corrected chi connectivity index (χ2v) is 8.64. The molecule has 2 N–H and O–H groups in total. The third-order valence-corrected chi connectivity index (χ3v) is 6.37. The van der Waals surface area contributed by atoms with Gasteiger partial charge in [-0.1, -0.05) is 60.3 Å². The number of H-pyrrole nitrogens is 1. The highest BCUT2D eigenvalue weighted by Crippen LogP contribution is 2.37. The Morgan fingerprint density at radius 2 is 1.74 bits per heavy atom. The van der Waals surface area contributed by atoms with Crippen LogP contribution < -0.4 is 10.1 Å². The molecule has 1 amide bonds. The van der Waals surface area contributed by atoms with Crippen molar-refractivity contribution in [2.24, 2.45) is 0 Å². The highest BCUT2D eigenvalue weighted by atomic mass is 32.2. The number of ether oxygens (including phenoxy) is 1. The molecule has 1 heterocycles. The van der Waals surface area contributed by atoms with Gasteiger partial charge in [-0.15, -0.1) is 0 Å². The van der Waals surface area contributed by atoms with Crippen LogP contribution in [0.3, 0.4) is 0 Å². The molecule has 0 bridgehead atoms. The van der Waals surface area contributed by atoms with Crippen molar-refractivity contribution < 1.29 is 9.53 Å². The van der Waals surface area contributed by atoms with Crippen LogP contribution in [0.25, 0.3) is 10.9 Å². The lowest BCUT2D eigenvalue weighted by Gasteiger charge is -2.14. The van der Waals surface area contributed by atoms with Gasteiger partial charge in [-0.25, -0.2) is 0 Å². The van der Waals surface area contributed by atoms with E-state index in [-0.39, 0.29) is 11.9 Å². The molecular formula is C26H26N2O2S. The molecule has 158 valence electrons. The predicted octanol–water partition coefficient (Wildman–Crippen LogP) is 6.08. The van der Waals surface area contributed by atoms with Crippen LogP contribution >= 0.6 is 11.8 Å². The average molecular weight is 431 g/mol. The average Bonchev–Trinajstić information content (AvgIpc) is 3.16. The van der Waals surface area contributed by atoms with Gasteiger partial charge in [-0.2, -0.15) is 0 Å². The first-order chi connectivity index (χ1) is 15.1. The molecule has 0 aliphatic carbocycles. The summed E-state index contributed by atoms with van der Waals surface area (Å²) in [5.41, 5.74) is 2.75. The molecular weight excluding hydrogens is 404 g/mol. The van der Waals surface area contributed by atoms with Crippen LogP contribution in [0.4, 0.5) is 0 Å². The zero-order chi connectivity index (χ0) is 21.6. The molecule has 4 nitrogen and oxygen atoms in total. The number of aromatic nitrogens is 1. The fourth-order valence-corrected chi connectivity index (χ4v) is 4.61. The fourth-order valence-electron chi connectivity index (χ4n) is 3.55. The van der Waals surface area contributed by atoms with Crippen molar-refractivity contribution in [3.05, 3.63) is 90.1 Å². The lowest BCUT2D eigenvalue weighted by molar-refractivity contribution is 0.0931. The first-order valence-electron chi connectivity index (χ1n) is 10.4. The molecule has 0 fully saturated rings. The standard InChI is InChI=1S/C26H26N2O2S/c1-18(13-14-19-9-5-3-6-10-19)27-26(29)24-25(31-21-11-7-4-8-12-21)22-16-15-20(30-2)17-23(22)28-24/h3-12,15-18,28H,13-14H2,1-2H3,(H,27,29)/t18-/m1/s1. The molecule has 5 heteroatoms. The normalized spacial score (nSPS) is 11.9. The summed E-state index contributed by atoms with van der Waals surface area (Å²) in [5.74, 6) is 0.669. The van der Waals surface area contributed by atoms with Gasteiger partial charge in [0.15, 0.2) is 0 Å². The lowest BCUT2D eigenvalue weighted by atomic mass is 10.1. The van der Waals surface area contributed by atoms with Crippen LogP contribution in [-0.2, 0) is 6.42 Å². The smallest absolute Gasteiger partial charge is 0.269 e. The van der Waals surface area contributed by atoms with Gasteiger partial charge < -0.3 is 15.0 Å². The summed E-state index contributed by atoms with van der Waals surface area (Å²) in [6.45, 7) is 2.05. The number of hydrogen-bond donors (Lipinski definition) is 2. The Labute approximate surface area is 187 Å². The van der Waals surface area contributed by atoms with E-state index < -0.39 is 0 Å². The molecule has 0 unspecified atom stereocenters. The van der Waals surface area contributed by atoms with E-state index >= 15 is 0 Å². The maximum absolute atomic E-state index is 13.2. The molecule has 0 aliphatic heterocycles. The van der Waals surface area contributed by atoms with Crippen LogP contribution in [0.2, 0.25) is 0 Å². The molecule has 4 rings (SSSR count). The maximum atomic E-state index is 13.2. The summed E-state index contributed by atoms with van der Waals surface area (Å²) < 4.78 is 5.36. The van der Waals surface area contributed by atoms with E-state index in [0.29, 0.717) is 5.69 Å². The molecule has 1 atom stereocenters. The quantitative estimate of drug-likeness (QED) is 0.356. The number of nitrogens with one attached hydrogen (secondary N) is 2. The maximum Gasteiger partial charge on any atom is 0.269 e. The van der Waals surface area contributed by atoms with Crippen LogP contribution in [0.5, 0.6) is 5.75 Å². The van der Waals surface area contributed by atoms with E-state index in [1.165, 1.54) is 5.56 Å². The van der Waals surface area contributed by atoms with Crippen LogP contribution in [0.15, 0.2) is 88.7 Å². The zero-order valence-corrected chi connectivity index (χ0v) is 18.5. The Bertz CT molecular complexity index is 1160. The number of aromatic amines is 1. The number of hydrogen-bond acceptors (Lipinski definition) is 3. The van der Waals surface area contributed by atoms with Gasteiger partial charge in [0.05, 0.1) is 17.5 Å². The van der Waals surface area contributed by atoms with Gasteiger partial charge in [0.1, 0.15) is 11.4 Å². The summed E-state index contributed by atoms with van der Waals surface area (Å²) in [5, 5.41) is 4.18. The monoisotopic (exact) mass is 430 g/mol. The summed E-state index contributed by atoms with van der Waals surface area (Å²) in [4.78, 5) is 18.6. The Kier molecular flexibility index (Phi) is 6.63. The lowest BCUT2D eigenvalue weighted by Crippen LogP contribution is -2.33. The van der Waals surface area contributed by atoms with Crippen LogP contribution in [0.1, 0.15) is 29.4 Å². The minimum atomic E-state index is -0.0887. The van der Waals surface area contributed by atoms with E-state index in [0.717, 1.165) is 39.3 Å². The van der Waals surface area contributed by atoms with Crippen LogP contribution in [0, 0.1) is 0 Å². The van der Waals surface area contributed by atoms with Gasteiger partial charge in [0.25, 0.3) is 5.91 Å². The van der Waals surface area contributed by atoms with Gasteiger partial charge in [-0.05, 0) is 49.6 Å². The second kappa shape index (κ2) is 9.75. The molecule has 3 aromatic carbocycles. The summed E-state index contributed by atoms with van der Waals surface area (Å²) in [7, 11) is 1.64.